The van der Waals surface area contributed by atoms with E-state index in [1.807, 2.05) is 0 Å². The van der Waals surface area contributed by atoms with Gasteiger partial charge in [0.05, 0.1) is 11.5 Å². The van der Waals surface area contributed by atoms with Crippen LogP contribution in [0, 0.1) is 0 Å². The molecule has 0 spiro atoms. The zero-order valence-electron chi connectivity index (χ0n) is 8.42. The normalized spacial score (nSPS) is 24.3. The first kappa shape index (κ1) is 12.4. The molecule has 1 atom stereocenters. The van der Waals surface area contributed by atoms with Crippen molar-refractivity contribution in [3.05, 3.63) is 0 Å². The molecular weight excluding hydrogens is 220 g/mol. The van der Waals surface area contributed by atoms with E-state index in [9.17, 15) is 13.2 Å². The van der Waals surface area contributed by atoms with Gasteiger partial charge in [-0.2, -0.15) is 0 Å². The minimum absolute atomic E-state index is 0.00931. The molecule has 15 heavy (non-hydrogen) atoms. The van der Waals surface area contributed by atoms with Crippen molar-refractivity contribution in [2.24, 2.45) is 5.73 Å². The topological polar surface area (TPSA) is 101 Å². The van der Waals surface area contributed by atoms with Crippen molar-refractivity contribution in [3.63, 3.8) is 0 Å². The van der Waals surface area contributed by atoms with Crippen molar-refractivity contribution in [1.29, 1.82) is 0 Å². The monoisotopic (exact) mass is 236 g/mol. The van der Waals surface area contributed by atoms with Crippen LogP contribution in [-0.4, -0.2) is 61.6 Å². The SMILES string of the molecule is NCC(C(=O)O)N1CCCS(=O)(=O)CC1. The molecule has 0 aromatic rings. The molecule has 1 fully saturated rings. The molecule has 0 radical (unpaired) electrons. The molecule has 7 heteroatoms. The smallest absolute Gasteiger partial charge is 0.322 e. The van der Waals surface area contributed by atoms with Crippen LogP contribution in [0.5, 0.6) is 0 Å². The lowest BCUT2D eigenvalue weighted by Gasteiger charge is -2.25. The Morgan fingerprint density at radius 2 is 2.07 bits per heavy atom. The maximum absolute atomic E-state index is 11.3. The van der Waals surface area contributed by atoms with Crippen LogP contribution in [-0.2, 0) is 14.6 Å². The molecule has 0 amide bonds. The summed E-state index contributed by atoms with van der Waals surface area (Å²) in [6, 6.07) is -0.765. The molecule has 88 valence electrons. The van der Waals surface area contributed by atoms with Gasteiger partial charge in [-0.15, -0.1) is 0 Å². The van der Waals surface area contributed by atoms with Gasteiger partial charge in [0.2, 0.25) is 0 Å². The summed E-state index contributed by atoms with van der Waals surface area (Å²) in [6.45, 7) is 0.749. The molecular formula is C8H16N2O4S. The third-order valence-electron chi connectivity index (χ3n) is 2.54. The van der Waals surface area contributed by atoms with Crippen LogP contribution in [0.25, 0.3) is 0 Å². The summed E-state index contributed by atoms with van der Waals surface area (Å²) in [5, 5.41) is 8.88. The van der Waals surface area contributed by atoms with Crippen LogP contribution >= 0.6 is 0 Å². The molecule has 1 unspecified atom stereocenters. The summed E-state index contributed by atoms with van der Waals surface area (Å²) in [5.41, 5.74) is 5.35. The predicted molar refractivity (Wildman–Crippen MR) is 55.3 cm³/mol. The lowest BCUT2D eigenvalue weighted by Crippen LogP contribution is -2.47. The average Bonchev–Trinajstić information content (AvgIpc) is 2.28. The second kappa shape index (κ2) is 4.91. The number of hydrogen-bond donors (Lipinski definition) is 2. The first-order chi connectivity index (χ1) is 6.96. The molecule has 1 rings (SSSR count). The molecule has 1 saturated heterocycles. The largest absolute Gasteiger partial charge is 0.480 e. The number of nitrogens with zero attached hydrogens (tertiary/aromatic N) is 1. The zero-order valence-corrected chi connectivity index (χ0v) is 9.24. The number of nitrogens with two attached hydrogens (primary N) is 1. The summed E-state index contributed by atoms with van der Waals surface area (Å²) in [6.07, 6.45) is 0.478. The Morgan fingerprint density at radius 1 is 1.40 bits per heavy atom. The van der Waals surface area contributed by atoms with Crippen molar-refractivity contribution >= 4 is 15.8 Å². The fourth-order valence-corrected chi connectivity index (χ4v) is 2.96. The van der Waals surface area contributed by atoms with Gasteiger partial charge in [-0.25, -0.2) is 8.42 Å². The summed E-state index contributed by atoms with van der Waals surface area (Å²) < 4.78 is 22.6. The van der Waals surface area contributed by atoms with Crippen LogP contribution < -0.4 is 5.73 Å². The quantitative estimate of drug-likeness (QED) is 0.619. The van der Waals surface area contributed by atoms with E-state index in [2.05, 4.69) is 0 Å². The zero-order chi connectivity index (χ0) is 11.5. The van der Waals surface area contributed by atoms with Crippen molar-refractivity contribution in [2.75, 3.05) is 31.1 Å². The van der Waals surface area contributed by atoms with E-state index < -0.39 is 21.8 Å². The van der Waals surface area contributed by atoms with E-state index in [1.165, 1.54) is 0 Å². The highest BCUT2D eigenvalue weighted by Gasteiger charge is 2.27. The Bertz CT molecular complexity index is 328. The number of rotatable bonds is 3. The second-order valence-corrected chi connectivity index (χ2v) is 5.93. The van der Waals surface area contributed by atoms with Gasteiger partial charge < -0.3 is 10.8 Å². The van der Waals surface area contributed by atoms with Gasteiger partial charge in [-0.3, -0.25) is 9.69 Å². The van der Waals surface area contributed by atoms with Crippen LogP contribution in [0.15, 0.2) is 0 Å². The molecule has 1 heterocycles. The van der Waals surface area contributed by atoms with E-state index in [1.54, 1.807) is 4.90 Å². The number of sulfone groups is 1. The van der Waals surface area contributed by atoms with E-state index in [-0.39, 0.29) is 24.6 Å². The highest BCUT2D eigenvalue weighted by atomic mass is 32.2. The van der Waals surface area contributed by atoms with Crippen molar-refractivity contribution in [3.8, 4) is 0 Å². The number of hydrogen-bond acceptors (Lipinski definition) is 5. The predicted octanol–water partition coefficient (Wildman–Crippen LogP) is -1.48. The molecule has 0 aromatic carbocycles. The first-order valence-electron chi connectivity index (χ1n) is 4.83. The minimum atomic E-state index is -2.99. The number of carbonyl (C=O) groups is 1. The highest BCUT2D eigenvalue weighted by molar-refractivity contribution is 7.91. The molecule has 0 aromatic heterocycles. The van der Waals surface area contributed by atoms with Crippen molar-refractivity contribution < 1.29 is 18.3 Å². The fraction of sp³-hybridized carbons (Fsp3) is 0.875. The van der Waals surface area contributed by atoms with E-state index >= 15 is 0 Å². The Kier molecular flexibility index (Phi) is 4.06. The number of aliphatic carboxylic acids is 1. The van der Waals surface area contributed by atoms with Crippen LogP contribution in [0.1, 0.15) is 6.42 Å². The van der Waals surface area contributed by atoms with Gasteiger partial charge in [0.15, 0.2) is 9.84 Å². The van der Waals surface area contributed by atoms with E-state index in [4.69, 9.17) is 10.8 Å². The van der Waals surface area contributed by atoms with Crippen LogP contribution in [0.4, 0.5) is 0 Å². The van der Waals surface area contributed by atoms with Crippen molar-refractivity contribution in [2.45, 2.75) is 12.5 Å². The average molecular weight is 236 g/mol. The maximum Gasteiger partial charge on any atom is 0.322 e. The summed E-state index contributed by atoms with van der Waals surface area (Å²) in [4.78, 5) is 12.5. The van der Waals surface area contributed by atoms with E-state index in [0.717, 1.165) is 0 Å². The van der Waals surface area contributed by atoms with Gasteiger partial charge in [0.25, 0.3) is 0 Å². The molecule has 1 aliphatic rings. The molecule has 6 nitrogen and oxygen atoms in total. The number of carboxylic acid groups (broad SMARTS) is 1. The van der Waals surface area contributed by atoms with Crippen LogP contribution in [0.3, 0.4) is 0 Å². The summed E-state index contributed by atoms with van der Waals surface area (Å²) >= 11 is 0. The second-order valence-electron chi connectivity index (χ2n) is 3.63. The molecule has 0 aliphatic carbocycles. The molecule has 1 aliphatic heterocycles. The molecule has 3 N–H and O–H groups in total. The first-order valence-corrected chi connectivity index (χ1v) is 6.66. The van der Waals surface area contributed by atoms with Gasteiger partial charge in [0.1, 0.15) is 6.04 Å². The summed E-state index contributed by atoms with van der Waals surface area (Å²) in [7, 11) is -2.99. The molecule has 0 bridgehead atoms. The van der Waals surface area contributed by atoms with Gasteiger partial charge in [-0.1, -0.05) is 0 Å². The van der Waals surface area contributed by atoms with Gasteiger partial charge >= 0.3 is 5.97 Å². The minimum Gasteiger partial charge on any atom is -0.480 e. The third-order valence-corrected chi connectivity index (χ3v) is 4.25. The standard InChI is InChI=1S/C8H16N2O4S/c9-6-7(8(11)12)10-2-1-4-15(13,14)5-3-10/h7H,1-6,9H2,(H,11,12). The summed E-state index contributed by atoms with van der Waals surface area (Å²) in [5.74, 6) is -0.825. The van der Waals surface area contributed by atoms with Gasteiger partial charge in [0, 0.05) is 19.6 Å². The Hall–Kier alpha value is -0.660. The van der Waals surface area contributed by atoms with Gasteiger partial charge in [-0.05, 0) is 6.42 Å². The van der Waals surface area contributed by atoms with E-state index in [0.29, 0.717) is 13.0 Å². The lowest BCUT2D eigenvalue weighted by molar-refractivity contribution is -0.142. The van der Waals surface area contributed by atoms with Crippen LogP contribution in [0.2, 0.25) is 0 Å². The lowest BCUT2D eigenvalue weighted by atomic mass is 10.2. The fourth-order valence-electron chi connectivity index (χ4n) is 1.68. The Labute approximate surface area is 89.0 Å². The maximum atomic E-state index is 11.3. The third kappa shape index (κ3) is 3.44. The molecule has 0 saturated carbocycles. The number of carboxylic acids is 1. The highest BCUT2D eigenvalue weighted by Crippen LogP contribution is 2.08. The van der Waals surface area contributed by atoms with Crippen molar-refractivity contribution in [1.82, 2.24) is 4.90 Å². The Morgan fingerprint density at radius 3 is 2.60 bits per heavy atom. The Balaban J connectivity index is 2.68.